The van der Waals surface area contributed by atoms with Crippen molar-refractivity contribution in [2.75, 3.05) is 32.5 Å². The van der Waals surface area contributed by atoms with Crippen LogP contribution in [0.3, 0.4) is 0 Å². The number of nitrogens with zero attached hydrogens (tertiary/aromatic N) is 1. The van der Waals surface area contributed by atoms with E-state index >= 15 is 0 Å². The van der Waals surface area contributed by atoms with Crippen molar-refractivity contribution in [1.82, 2.24) is 4.90 Å². The number of rotatable bonds is 5. The lowest BCUT2D eigenvalue weighted by atomic mass is 9.81. The second-order valence-corrected chi connectivity index (χ2v) is 6.82. The van der Waals surface area contributed by atoms with Gasteiger partial charge in [-0.3, -0.25) is 0 Å². The van der Waals surface area contributed by atoms with Crippen molar-refractivity contribution in [1.29, 1.82) is 0 Å². The van der Waals surface area contributed by atoms with E-state index in [-0.39, 0.29) is 0 Å². The van der Waals surface area contributed by atoms with Crippen molar-refractivity contribution in [2.45, 2.75) is 46.1 Å². The minimum atomic E-state index is 0.337. The van der Waals surface area contributed by atoms with Crippen LogP contribution in [0.4, 0.5) is 0 Å². The van der Waals surface area contributed by atoms with Crippen molar-refractivity contribution in [3.63, 3.8) is 0 Å². The van der Waals surface area contributed by atoms with E-state index in [9.17, 15) is 0 Å². The minimum absolute atomic E-state index is 0.337. The Morgan fingerprint density at radius 3 is 2.53 bits per heavy atom. The molecule has 17 heavy (non-hydrogen) atoms. The Hall–Kier alpha value is 0.270. The molecule has 0 spiro atoms. The second-order valence-electron chi connectivity index (χ2n) is 6.46. The van der Waals surface area contributed by atoms with E-state index in [1.165, 1.54) is 19.3 Å². The van der Waals surface area contributed by atoms with Crippen molar-refractivity contribution in [2.24, 2.45) is 11.3 Å². The number of hydrogen-bond donors (Lipinski definition) is 1. The normalized spacial score (nSPS) is 24.0. The predicted molar refractivity (Wildman–Crippen MR) is 77.9 cm³/mol. The molecule has 0 aromatic heterocycles. The Morgan fingerprint density at radius 2 is 2.06 bits per heavy atom. The van der Waals surface area contributed by atoms with Crippen LogP contribution >= 0.6 is 12.6 Å². The lowest BCUT2D eigenvalue weighted by Crippen LogP contribution is -2.39. The van der Waals surface area contributed by atoms with Crippen LogP contribution < -0.4 is 0 Å². The van der Waals surface area contributed by atoms with E-state index in [1.54, 1.807) is 0 Å². The van der Waals surface area contributed by atoms with Crippen LogP contribution in [0.2, 0.25) is 0 Å². The molecular formula is C14H29NOS. The van der Waals surface area contributed by atoms with E-state index in [2.05, 4.69) is 45.3 Å². The first-order valence-electron chi connectivity index (χ1n) is 6.84. The lowest BCUT2D eigenvalue weighted by Gasteiger charge is -2.35. The number of likely N-dealkylation sites (N-methyl/N-ethyl adjacent to an activating group) is 1. The molecule has 1 rings (SSSR count). The quantitative estimate of drug-likeness (QED) is 0.762. The Balaban J connectivity index is 2.34. The van der Waals surface area contributed by atoms with Crippen LogP contribution in [0.25, 0.3) is 0 Å². The molecule has 0 aromatic carbocycles. The van der Waals surface area contributed by atoms with Gasteiger partial charge in [0.15, 0.2) is 0 Å². The topological polar surface area (TPSA) is 12.5 Å². The monoisotopic (exact) mass is 259 g/mol. The van der Waals surface area contributed by atoms with Crippen LogP contribution in [-0.4, -0.2) is 43.5 Å². The molecular weight excluding hydrogens is 230 g/mol. The van der Waals surface area contributed by atoms with Gasteiger partial charge >= 0.3 is 0 Å². The standard InChI is InChI=1S/C14H29NOS/c1-14(2,3)12(11-17)9-15(4)10-13-7-5-6-8-16-13/h12-13,17H,5-11H2,1-4H3. The maximum atomic E-state index is 5.79. The molecule has 2 unspecified atom stereocenters. The van der Waals surface area contributed by atoms with Crippen LogP contribution in [0.15, 0.2) is 0 Å². The zero-order valence-corrected chi connectivity index (χ0v) is 12.8. The van der Waals surface area contributed by atoms with Gasteiger partial charge < -0.3 is 9.64 Å². The van der Waals surface area contributed by atoms with Gasteiger partial charge in [-0.05, 0) is 43.4 Å². The van der Waals surface area contributed by atoms with Gasteiger partial charge in [0.2, 0.25) is 0 Å². The molecule has 3 heteroatoms. The molecule has 0 amide bonds. The molecule has 1 aliphatic rings. The lowest BCUT2D eigenvalue weighted by molar-refractivity contribution is -0.00546. The third-order valence-corrected chi connectivity index (χ3v) is 4.21. The van der Waals surface area contributed by atoms with Gasteiger partial charge in [0.05, 0.1) is 6.10 Å². The average Bonchev–Trinajstić information content (AvgIpc) is 2.25. The third kappa shape index (κ3) is 5.62. The predicted octanol–water partition coefficient (Wildman–Crippen LogP) is 3.08. The smallest absolute Gasteiger partial charge is 0.0701 e. The number of thiol groups is 1. The van der Waals surface area contributed by atoms with Crippen molar-refractivity contribution < 1.29 is 4.74 Å². The number of ether oxygens (including phenoxy) is 1. The van der Waals surface area contributed by atoms with E-state index in [1.807, 2.05) is 0 Å². The molecule has 1 heterocycles. The molecule has 102 valence electrons. The van der Waals surface area contributed by atoms with E-state index in [0.29, 0.717) is 17.4 Å². The van der Waals surface area contributed by atoms with E-state index in [0.717, 1.165) is 25.4 Å². The van der Waals surface area contributed by atoms with Gasteiger partial charge in [0.25, 0.3) is 0 Å². The zero-order chi connectivity index (χ0) is 12.9. The molecule has 0 aliphatic carbocycles. The van der Waals surface area contributed by atoms with Gasteiger partial charge in [-0.2, -0.15) is 12.6 Å². The van der Waals surface area contributed by atoms with Gasteiger partial charge in [-0.1, -0.05) is 20.8 Å². The highest BCUT2D eigenvalue weighted by atomic mass is 32.1. The SMILES string of the molecule is CN(CC1CCCCO1)CC(CS)C(C)(C)C. The Morgan fingerprint density at radius 1 is 1.35 bits per heavy atom. The summed E-state index contributed by atoms with van der Waals surface area (Å²) in [5.41, 5.74) is 0.337. The van der Waals surface area contributed by atoms with Crippen molar-refractivity contribution >= 4 is 12.6 Å². The Labute approximate surface area is 113 Å². The highest BCUT2D eigenvalue weighted by Crippen LogP contribution is 2.27. The van der Waals surface area contributed by atoms with E-state index < -0.39 is 0 Å². The molecule has 1 aliphatic heterocycles. The van der Waals surface area contributed by atoms with Crippen LogP contribution in [0.1, 0.15) is 40.0 Å². The maximum absolute atomic E-state index is 5.79. The van der Waals surface area contributed by atoms with Crippen LogP contribution in [0.5, 0.6) is 0 Å². The van der Waals surface area contributed by atoms with Crippen LogP contribution in [0, 0.1) is 11.3 Å². The molecule has 2 atom stereocenters. The molecule has 1 saturated heterocycles. The molecule has 0 radical (unpaired) electrons. The Bertz CT molecular complexity index is 209. The summed E-state index contributed by atoms with van der Waals surface area (Å²) in [7, 11) is 2.21. The minimum Gasteiger partial charge on any atom is -0.377 e. The maximum Gasteiger partial charge on any atom is 0.0701 e. The zero-order valence-electron chi connectivity index (χ0n) is 11.9. The summed E-state index contributed by atoms with van der Waals surface area (Å²) in [6, 6.07) is 0. The Kier molecular flexibility index (Phi) is 6.32. The van der Waals surface area contributed by atoms with E-state index in [4.69, 9.17) is 4.74 Å². The first-order valence-corrected chi connectivity index (χ1v) is 7.47. The summed E-state index contributed by atoms with van der Waals surface area (Å²) in [5, 5.41) is 0. The summed E-state index contributed by atoms with van der Waals surface area (Å²) < 4.78 is 5.79. The summed E-state index contributed by atoms with van der Waals surface area (Å²) in [6.07, 6.45) is 4.25. The first kappa shape index (κ1) is 15.3. The fourth-order valence-electron chi connectivity index (χ4n) is 2.36. The number of hydrogen-bond acceptors (Lipinski definition) is 3. The van der Waals surface area contributed by atoms with Gasteiger partial charge in [-0.25, -0.2) is 0 Å². The average molecular weight is 259 g/mol. The van der Waals surface area contributed by atoms with Crippen molar-refractivity contribution in [3.05, 3.63) is 0 Å². The molecule has 1 fully saturated rings. The summed E-state index contributed by atoms with van der Waals surface area (Å²) in [5.74, 6) is 1.60. The summed E-state index contributed by atoms with van der Waals surface area (Å²) in [6.45, 7) is 10.1. The second kappa shape index (κ2) is 7.01. The fourth-order valence-corrected chi connectivity index (χ4v) is 3.02. The highest BCUT2D eigenvalue weighted by molar-refractivity contribution is 7.80. The molecule has 0 saturated carbocycles. The van der Waals surface area contributed by atoms with Crippen molar-refractivity contribution in [3.8, 4) is 0 Å². The fraction of sp³-hybridized carbons (Fsp3) is 1.00. The molecule has 2 nitrogen and oxygen atoms in total. The van der Waals surface area contributed by atoms with Gasteiger partial charge in [0.1, 0.15) is 0 Å². The van der Waals surface area contributed by atoms with Gasteiger partial charge in [0, 0.05) is 19.7 Å². The largest absolute Gasteiger partial charge is 0.377 e. The summed E-state index contributed by atoms with van der Waals surface area (Å²) >= 11 is 4.49. The highest BCUT2D eigenvalue weighted by Gasteiger charge is 2.25. The molecule has 0 bridgehead atoms. The molecule has 0 N–H and O–H groups in total. The summed E-state index contributed by atoms with van der Waals surface area (Å²) in [4.78, 5) is 2.42. The van der Waals surface area contributed by atoms with Crippen LogP contribution in [-0.2, 0) is 4.74 Å². The van der Waals surface area contributed by atoms with Gasteiger partial charge in [-0.15, -0.1) is 0 Å². The molecule has 0 aromatic rings. The first-order chi connectivity index (χ1) is 7.93. The third-order valence-electron chi connectivity index (χ3n) is 3.77.